The second-order valence-corrected chi connectivity index (χ2v) is 4.69. The van der Waals surface area contributed by atoms with Gasteiger partial charge in [-0.1, -0.05) is 12.2 Å². The molecule has 2 rings (SSSR count). The molecule has 1 saturated heterocycles. The minimum atomic E-state index is -0.863. The van der Waals surface area contributed by atoms with Gasteiger partial charge in [-0.3, -0.25) is 4.79 Å². The second kappa shape index (κ2) is 6.38. The van der Waals surface area contributed by atoms with E-state index in [4.69, 9.17) is 14.7 Å². The molecule has 2 atom stereocenters. The van der Waals surface area contributed by atoms with Crippen molar-refractivity contribution in [3.8, 4) is 0 Å². The third kappa shape index (κ3) is 4.10. The number of ether oxygens (including phenoxy) is 1. The first-order valence-corrected chi connectivity index (χ1v) is 6.25. The normalized spacial score (nSPS) is 25.6. The van der Waals surface area contributed by atoms with Gasteiger partial charge in [0.1, 0.15) is 0 Å². The van der Waals surface area contributed by atoms with Crippen LogP contribution in [-0.4, -0.2) is 41.9 Å². The molecule has 0 saturated carbocycles. The van der Waals surface area contributed by atoms with E-state index in [1.165, 1.54) is 5.06 Å². The zero-order valence-corrected chi connectivity index (χ0v) is 10.5. The number of allylic oxidation sites excluding steroid dienone is 2. The maximum atomic E-state index is 11.8. The molecule has 0 aromatic carbocycles. The van der Waals surface area contributed by atoms with E-state index >= 15 is 0 Å². The van der Waals surface area contributed by atoms with Gasteiger partial charge in [0.2, 0.25) is 0 Å². The second-order valence-electron chi connectivity index (χ2n) is 4.69. The zero-order chi connectivity index (χ0) is 13.7. The average molecular weight is 267 g/mol. The molecule has 0 amide bonds. The van der Waals surface area contributed by atoms with Crippen LogP contribution in [0.25, 0.3) is 0 Å². The standard InChI is InChI=1S/C13H17NO5/c15-12(16)6-10-8-18-9-11(10)7-13(17)19-14-4-2-1-3-5-14/h1-4,10-11H,5-9H2,(H,15,16). The van der Waals surface area contributed by atoms with Gasteiger partial charge >= 0.3 is 11.9 Å². The molecule has 6 nitrogen and oxygen atoms in total. The summed E-state index contributed by atoms with van der Waals surface area (Å²) in [4.78, 5) is 27.6. The molecular formula is C13H17NO5. The number of carboxylic acid groups (broad SMARTS) is 1. The van der Waals surface area contributed by atoms with Crippen LogP contribution in [0.4, 0.5) is 0 Å². The van der Waals surface area contributed by atoms with Crippen molar-refractivity contribution in [2.45, 2.75) is 12.8 Å². The topological polar surface area (TPSA) is 76.1 Å². The maximum Gasteiger partial charge on any atom is 0.332 e. The van der Waals surface area contributed by atoms with Crippen molar-refractivity contribution in [1.29, 1.82) is 0 Å². The van der Waals surface area contributed by atoms with Gasteiger partial charge in [0.15, 0.2) is 0 Å². The quantitative estimate of drug-likeness (QED) is 0.799. The lowest BCUT2D eigenvalue weighted by Crippen LogP contribution is -2.27. The Morgan fingerprint density at radius 1 is 1.26 bits per heavy atom. The maximum absolute atomic E-state index is 11.8. The first-order chi connectivity index (χ1) is 9.15. The van der Waals surface area contributed by atoms with Gasteiger partial charge in [0, 0.05) is 6.20 Å². The fourth-order valence-corrected chi connectivity index (χ4v) is 2.22. The van der Waals surface area contributed by atoms with Crippen LogP contribution in [0, 0.1) is 11.8 Å². The Morgan fingerprint density at radius 2 is 2.00 bits per heavy atom. The van der Waals surface area contributed by atoms with Gasteiger partial charge in [-0.2, -0.15) is 0 Å². The van der Waals surface area contributed by atoms with Gasteiger partial charge in [0.05, 0.1) is 32.6 Å². The molecule has 19 heavy (non-hydrogen) atoms. The molecule has 0 spiro atoms. The number of nitrogens with zero attached hydrogens (tertiary/aromatic N) is 1. The first-order valence-electron chi connectivity index (χ1n) is 6.25. The van der Waals surface area contributed by atoms with Crippen LogP contribution >= 0.6 is 0 Å². The molecule has 0 aromatic rings. The number of rotatable bonds is 5. The summed E-state index contributed by atoms with van der Waals surface area (Å²) in [5, 5.41) is 10.2. The molecule has 1 fully saturated rings. The van der Waals surface area contributed by atoms with Crippen LogP contribution in [0.1, 0.15) is 12.8 Å². The summed E-state index contributed by atoms with van der Waals surface area (Å²) in [7, 11) is 0. The van der Waals surface area contributed by atoms with Gasteiger partial charge in [-0.25, -0.2) is 9.86 Å². The predicted molar refractivity (Wildman–Crippen MR) is 65.7 cm³/mol. The van der Waals surface area contributed by atoms with E-state index in [2.05, 4.69) is 0 Å². The molecule has 2 unspecified atom stereocenters. The molecular weight excluding hydrogens is 250 g/mol. The number of carbonyl (C=O) groups is 2. The summed E-state index contributed by atoms with van der Waals surface area (Å²) in [6.07, 6.45) is 7.42. The Hall–Kier alpha value is -1.82. The van der Waals surface area contributed by atoms with Gasteiger partial charge in [-0.05, 0) is 17.9 Å². The summed E-state index contributed by atoms with van der Waals surface area (Å²) >= 11 is 0. The van der Waals surface area contributed by atoms with Crippen molar-refractivity contribution in [2.24, 2.45) is 11.8 Å². The highest BCUT2D eigenvalue weighted by Crippen LogP contribution is 2.27. The van der Waals surface area contributed by atoms with E-state index in [9.17, 15) is 9.59 Å². The number of carboxylic acids is 1. The number of hydroxylamine groups is 2. The molecule has 2 heterocycles. The SMILES string of the molecule is O=C(O)CC1COCC1CC(=O)ON1C=CC=CC1. The third-order valence-corrected chi connectivity index (χ3v) is 3.20. The molecule has 1 N–H and O–H groups in total. The Labute approximate surface area is 111 Å². The molecule has 0 aliphatic carbocycles. The highest BCUT2D eigenvalue weighted by molar-refractivity contribution is 5.70. The number of carbonyl (C=O) groups excluding carboxylic acids is 1. The molecule has 104 valence electrons. The van der Waals surface area contributed by atoms with E-state index in [0.717, 1.165) is 0 Å². The van der Waals surface area contributed by atoms with Crippen LogP contribution < -0.4 is 0 Å². The van der Waals surface area contributed by atoms with Crippen LogP contribution in [-0.2, 0) is 19.2 Å². The van der Waals surface area contributed by atoms with E-state index in [1.807, 2.05) is 12.2 Å². The summed E-state index contributed by atoms with van der Waals surface area (Å²) in [6, 6.07) is 0. The van der Waals surface area contributed by atoms with Crippen molar-refractivity contribution < 1.29 is 24.3 Å². The third-order valence-electron chi connectivity index (χ3n) is 3.20. The Morgan fingerprint density at radius 3 is 2.63 bits per heavy atom. The highest BCUT2D eigenvalue weighted by Gasteiger charge is 2.32. The summed E-state index contributed by atoms with van der Waals surface area (Å²) < 4.78 is 5.25. The largest absolute Gasteiger partial charge is 0.481 e. The summed E-state index contributed by atoms with van der Waals surface area (Å²) in [5.41, 5.74) is 0. The average Bonchev–Trinajstić information content (AvgIpc) is 2.77. The van der Waals surface area contributed by atoms with E-state index in [0.29, 0.717) is 19.8 Å². The lowest BCUT2D eigenvalue weighted by Gasteiger charge is -2.21. The van der Waals surface area contributed by atoms with Crippen molar-refractivity contribution >= 4 is 11.9 Å². The molecule has 6 heteroatoms. The van der Waals surface area contributed by atoms with Crippen molar-refractivity contribution in [3.63, 3.8) is 0 Å². The molecule has 0 bridgehead atoms. The monoisotopic (exact) mass is 267 g/mol. The number of hydrogen-bond donors (Lipinski definition) is 1. The highest BCUT2D eigenvalue weighted by atomic mass is 16.7. The minimum Gasteiger partial charge on any atom is -0.481 e. The van der Waals surface area contributed by atoms with Crippen LogP contribution in [0.3, 0.4) is 0 Å². The Balaban J connectivity index is 1.79. The van der Waals surface area contributed by atoms with Crippen LogP contribution in [0.2, 0.25) is 0 Å². The van der Waals surface area contributed by atoms with Gasteiger partial charge in [-0.15, -0.1) is 0 Å². The summed E-state index contributed by atoms with van der Waals surface area (Å²) in [5.74, 6) is -1.40. The van der Waals surface area contributed by atoms with E-state index < -0.39 is 5.97 Å². The molecule has 0 aromatic heterocycles. The van der Waals surface area contributed by atoms with E-state index in [1.54, 1.807) is 12.3 Å². The van der Waals surface area contributed by atoms with E-state index in [-0.39, 0.29) is 30.6 Å². The molecule has 2 aliphatic heterocycles. The Bertz CT molecular complexity index is 404. The van der Waals surface area contributed by atoms with Gasteiger partial charge < -0.3 is 14.7 Å². The first kappa shape index (κ1) is 13.6. The Kier molecular flexibility index (Phi) is 4.57. The molecule has 0 radical (unpaired) electrons. The summed E-state index contributed by atoms with van der Waals surface area (Å²) in [6.45, 7) is 1.35. The number of hydrogen-bond acceptors (Lipinski definition) is 5. The predicted octanol–water partition coefficient (Wildman–Crippen LogP) is 0.958. The van der Waals surface area contributed by atoms with Crippen molar-refractivity contribution in [1.82, 2.24) is 5.06 Å². The lowest BCUT2D eigenvalue weighted by molar-refractivity contribution is -0.178. The van der Waals surface area contributed by atoms with Gasteiger partial charge in [0.25, 0.3) is 0 Å². The smallest absolute Gasteiger partial charge is 0.332 e. The number of aliphatic carboxylic acids is 1. The van der Waals surface area contributed by atoms with Crippen molar-refractivity contribution in [2.75, 3.05) is 19.8 Å². The minimum absolute atomic E-state index is 0.0320. The zero-order valence-electron chi connectivity index (χ0n) is 10.5. The van der Waals surface area contributed by atoms with Crippen LogP contribution in [0.5, 0.6) is 0 Å². The molecule has 2 aliphatic rings. The fourth-order valence-electron chi connectivity index (χ4n) is 2.22. The van der Waals surface area contributed by atoms with Crippen LogP contribution in [0.15, 0.2) is 24.4 Å². The van der Waals surface area contributed by atoms with Crippen molar-refractivity contribution in [3.05, 3.63) is 24.4 Å². The fraction of sp³-hybridized carbons (Fsp3) is 0.538. The lowest BCUT2D eigenvalue weighted by atomic mass is 9.90.